The molecule has 0 spiro atoms. The van der Waals surface area contributed by atoms with Crippen LogP contribution in [0.15, 0.2) is 12.1 Å². The molecule has 0 bridgehead atoms. The first-order valence-corrected chi connectivity index (χ1v) is 8.68. The van der Waals surface area contributed by atoms with E-state index in [0.29, 0.717) is 11.3 Å². The number of aliphatic hydroxyl groups excluding tert-OH is 1. The Hall–Kier alpha value is -1.35. The summed E-state index contributed by atoms with van der Waals surface area (Å²) >= 11 is 0. The van der Waals surface area contributed by atoms with Gasteiger partial charge in [-0.1, -0.05) is 68.4 Å². The van der Waals surface area contributed by atoms with Crippen LogP contribution in [0.1, 0.15) is 79.0 Å². The Morgan fingerprint density at radius 2 is 1.46 bits per heavy atom. The van der Waals surface area contributed by atoms with Crippen LogP contribution in [0.4, 0.5) is 0 Å². The number of phenolic OH excluding ortho intramolecular Hbond substituents is 1. The normalized spacial score (nSPS) is 14.6. The van der Waals surface area contributed by atoms with Crippen molar-refractivity contribution in [1.82, 2.24) is 0 Å². The third-order valence-electron chi connectivity index (χ3n) is 4.65. The van der Waals surface area contributed by atoms with Gasteiger partial charge in [-0.15, -0.1) is 0 Å². The van der Waals surface area contributed by atoms with Crippen LogP contribution in [-0.2, 0) is 10.8 Å². The van der Waals surface area contributed by atoms with Crippen molar-refractivity contribution in [3.05, 3.63) is 28.8 Å². The van der Waals surface area contributed by atoms with E-state index >= 15 is 0 Å². The standard InChI is InChI=1S/C21H35NO2/c1-19(2,3)13-10-14(17(22)16(12-23)21(7,8)9)18(24)15(11-13)20(4,5)6/h10-11,16,22-24H,12H2,1-9H3. The molecule has 0 amide bonds. The van der Waals surface area contributed by atoms with Crippen LogP contribution in [0.3, 0.4) is 0 Å². The van der Waals surface area contributed by atoms with Gasteiger partial charge in [-0.3, -0.25) is 0 Å². The second-order valence-electron chi connectivity index (χ2n) is 9.93. The minimum atomic E-state index is -0.327. The van der Waals surface area contributed by atoms with E-state index in [-0.39, 0.29) is 34.5 Å². The van der Waals surface area contributed by atoms with Gasteiger partial charge in [-0.2, -0.15) is 0 Å². The summed E-state index contributed by atoms with van der Waals surface area (Å²) in [6.45, 7) is 18.5. The Kier molecular flexibility index (Phi) is 5.62. The lowest BCUT2D eigenvalue weighted by atomic mass is 9.73. The third-order valence-corrected chi connectivity index (χ3v) is 4.65. The van der Waals surface area contributed by atoms with E-state index < -0.39 is 0 Å². The van der Waals surface area contributed by atoms with E-state index in [2.05, 4.69) is 47.6 Å². The number of nitrogens with one attached hydrogen (secondary N) is 1. The van der Waals surface area contributed by atoms with Gasteiger partial charge < -0.3 is 15.6 Å². The highest BCUT2D eigenvalue weighted by Crippen LogP contribution is 2.40. The molecule has 0 heterocycles. The van der Waals surface area contributed by atoms with Gasteiger partial charge in [0.05, 0.1) is 6.61 Å². The summed E-state index contributed by atoms with van der Waals surface area (Å²) < 4.78 is 0. The minimum absolute atomic E-state index is 0.0842. The van der Waals surface area contributed by atoms with Gasteiger partial charge in [0.25, 0.3) is 0 Å². The number of hydrogen-bond donors (Lipinski definition) is 3. The van der Waals surface area contributed by atoms with E-state index in [1.807, 2.05) is 26.8 Å². The number of phenols is 1. The summed E-state index contributed by atoms with van der Waals surface area (Å²) in [6.07, 6.45) is 0. The molecule has 3 nitrogen and oxygen atoms in total. The summed E-state index contributed by atoms with van der Waals surface area (Å²) in [5.74, 6) is -0.158. The predicted molar refractivity (Wildman–Crippen MR) is 102 cm³/mol. The molecule has 136 valence electrons. The second-order valence-corrected chi connectivity index (χ2v) is 9.93. The molecule has 0 saturated carbocycles. The van der Waals surface area contributed by atoms with Crippen molar-refractivity contribution >= 4 is 5.71 Å². The Morgan fingerprint density at radius 3 is 1.79 bits per heavy atom. The Morgan fingerprint density at radius 1 is 0.958 bits per heavy atom. The largest absolute Gasteiger partial charge is 0.507 e. The maximum atomic E-state index is 10.9. The lowest BCUT2D eigenvalue weighted by Gasteiger charge is -2.32. The van der Waals surface area contributed by atoms with Crippen LogP contribution < -0.4 is 0 Å². The zero-order valence-corrected chi connectivity index (χ0v) is 16.8. The molecule has 1 aromatic rings. The fraction of sp³-hybridized carbons (Fsp3) is 0.667. The maximum Gasteiger partial charge on any atom is 0.128 e. The molecule has 1 aromatic carbocycles. The number of benzene rings is 1. The lowest BCUT2D eigenvalue weighted by molar-refractivity contribution is 0.180. The summed E-state index contributed by atoms with van der Waals surface area (Å²) in [6, 6.07) is 3.97. The SMILES string of the molecule is CC(C)(C)c1cc(C(=N)C(CO)C(C)(C)C)c(O)c(C(C)(C)C)c1. The Bertz CT molecular complexity index is 610. The molecular formula is C21H35NO2. The van der Waals surface area contributed by atoms with Crippen LogP contribution in [0.2, 0.25) is 0 Å². The van der Waals surface area contributed by atoms with Crippen molar-refractivity contribution in [2.75, 3.05) is 6.61 Å². The summed E-state index contributed by atoms with van der Waals surface area (Å²) in [7, 11) is 0. The lowest BCUT2D eigenvalue weighted by Crippen LogP contribution is -2.32. The molecule has 3 heteroatoms. The van der Waals surface area contributed by atoms with Crippen LogP contribution in [0, 0.1) is 16.7 Å². The van der Waals surface area contributed by atoms with Gasteiger partial charge in [0.1, 0.15) is 5.75 Å². The highest BCUT2D eigenvalue weighted by atomic mass is 16.3. The molecule has 0 saturated heterocycles. The number of aromatic hydroxyl groups is 1. The van der Waals surface area contributed by atoms with Gasteiger partial charge >= 0.3 is 0 Å². The minimum Gasteiger partial charge on any atom is -0.507 e. The highest BCUT2D eigenvalue weighted by Gasteiger charge is 2.32. The molecule has 0 aliphatic heterocycles. The van der Waals surface area contributed by atoms with Gasteiger partial charge in [0.15, 0.2) is 0 Å². The smallest absolute Gasteiger partial charge is 0.128 e. The molecule has 0 aliphatic carbocycles. The number of hydrogen-bond acceptors (Lipinski definition) is 3. The van der Waals surface area contributed by atoms with Crippen molar-refractivity contribution < 1.29 is 10.2 Å². The molecule has 24 heavy (non-hydrogen) atoms. The van der Waals surface area contributed by atoms with Gasteiger partial charge in [-0.25, -0.2) is 0 Å². The molecule has 1 atom stereocenters. The average Bonchev–Trinajstić information content (AvgIpc) is 2.34. The zero-order chi connectivity index (χ0) is 19.1. The highest BCUT2D eigenvalue weighted by molar-refractivity contribution is 6.03. The molecule has 3 N–H and O–H groups in total. The summed E-state index contributed by atoms with van der Waals surface area (Å²) in [5.41, 5.74) is 2.23. The quantitative estimate of drug-likeness (QED) is 0.681. The zero-order valence-electron chi connectivity index (χ0n) is 16.8. The Labute approximate surface area is 147 Å². The molecular weight excluding hydrogens is 298 g/mol. The van der Waals surface area contributed by atoms with Crippen LogP contribution in [-0.4, -0.2) is 22.5 Å². The van der Waals surface area contributed by atoms with Crippen molar-refractivity contribution in [1.29, 1.82) is 5.41 Å². The van der Waals surface area contributed by atoms with E-state index in [4.69, 9.17) is 5.41 Å². The molecule has 1 rings (SSSR count). The fourth-order valence-corrected chi connectivity index (χ4v) is 2.83. The number of aliphatic hydroxyl groups is 1. The molecule has 0 fully saturated rings. The van der Waals surface area contributed by atoms with E-state index in [1.54, 1.807) is 0 Å². The van der Waals surface area contributed by atoms with Crippen LogP contribution in [0.5, 0.6) is 5.75 Å². The monoisotopic (exact) mass is 333 g/mol. The summed E-state index contributed by atoms with van der Waals surface area (Å²) in [4.78, 5) is 0. The molecule has 0 aliphatic rings. The first-order chi connectivity index (χ1) is 10.6. The fourth-order valence-electron chi connectivity index (χ4n) is 2.83. The topological polar surface area (TPSA) is 64.3 Å². The average molecular weight is 334 g/mol. The summed E-state index contributed by atoms with van der Waals surface area (Å²) in [5, 5.41) is 29.4. The van der Waals surface area contributed by atoms with Crippen molar-refractivity contribution in [3.63, 3.8) is 0 Å². The van der Waals surface area contributed by atoms with Gasteiger partial charge in [0.2, 0.25) is 0 Å². The maximum absolute atomic E-state index is 10.9. The molecule has 1 unspecified atom stereocenters. The predicted octanol–water partition coefficient (Wildman–Crippen LogP) is 5.01. The van der Waals surface area contributed by atoms with Crippen molar-refractivity contribution in [2.45, 2.75) is 73.1 Å². The van der Waals surface area contributed by atoms with Crippen molar-refractivity contribution in [2.24, 2.45) is 11.3 Å². The van der Waals surface area contributed by atoms with Gasteiger partial charge in [-0.05, 0) is 27.9 Å². The van der Waals surface area contributed by atoms with Crippen LogP contribution >= 0.6 is 0 Å². The first-order valence-electron chi connectivity index (χ1n) is 8.68. The number of rotatable bonds is 3. The molecule has 0 radical (unpaired) electrons. The third kappa shape index (κ3) is 4.38. The van der Waals surface area contributed by atoms with Crippen molar-refractivity contribution in [3.8, 4) is 5.75 Å². The van der Waals surface area contributed by atoms with E-state index in [9.17, 15) is 10.2 Å². The van der Waals surface area contributed by atoms with E-state index in [1.165, 1.54) is 0 Å². The second kappa shape index (κ2) is 6.51. The molecule has 0 aromatic heterocycles. The Balaban J connectivity index is 3.66. The van der Waals surface area contributed by atoms with Gasteiger partial charge in [0, 0.05) is 22.8 Å². The van der Waals surface area contributed by atoms with E-state index in [0.717, 1.165) is 11.1 Å². The van der Waals surface area contributed by atoms with Crippen LogP contribution in [0.25, 0.3) is 0 Å². The first kappa shape index (κ1) is 20.7.